The van der Waals surface area contributed by atoms with Gasteiger partial charge in [-0.25, -0.2) is 0 Å². The van der Waals surface area contributed by atoms with Crippen molar-refractivity contribution in [1.29, 1.82) is 0 Å². The number of carbonyl (C=O) groups is 1. The van der Waals surface area contributed by atoms with E-state index >= 15 is 0 Å². The molecule has 14 heavy (non-hydrogen) atoms. The van der Waals surface area contributed by atoms with Gasteiger partial charge in [-0.3, -0.25) is 4.79 Å². The first-order valence-electron chi connectivity index (χ1n) is 5.22. The number of aryl methyl sites for hydroxylation is 1. The van der Waals surface area contributed by atoms with Crippen molar-refractivity contribution in [2.45, 2.75) is 34.6 Å². The predicted molar refractivity (Wildman–Crippen MR) is 61.7 cm³/mol. The van der Waals surface area contributed by atoms with Crippen molar-refractivity contribution in [3.8, 4) is 0 Å². The molecule has 0 saturated carbocycles. The first-order chi connectivity index (χ1) is 6.63. The summed E-state index contributed by atoms with van der Waals surface area (Å²) in [6.07, 6.45) is 0. The lowest BCUT2D eigenvalue weighted by molar-refractivity contribution is 0.0939. The zero-order chi connectivity index (χ0) is 11.1. The SMILES string of the molecule is CC.Cc1ccccc1C(=O)C(C)C. The quantitative estimate of drug-likeness (QED) is 0.650. The van der Waals surface area contributed by atoms with Gasteiger partial charge in [0.05, 0.1) is 0 Å². The Kier molecular flexibility index (Phi) is 5.86. The van der Waals surface area contributed by atoms with E-state index in [-0.39, 0.29) is 11.7 Å². The van der Waals surface area contributed by atoms with Crippen molar-refractivity contribution in [3.63, 3.8) is 0 Å². The minimum atomic E-state index is 0.0890. The molecule has 1 heteroatoms. The molecule has 0 fully saturated rings. The second-order valence-corrected chi connectivity index (χ2v) is 3.33. The van der Waals surface area contributed by atoms with Crippen LogP contribution in [0, 0.1) is 12.8 Å². The third kappa shape index (κ3) is 3.33. The molecule has 0 aliphatic rings. The van der Waals surface area contributed by atoms with Crippen LogP contribution in [0.5, 0.6) is 0 Å². The summed E-state index contributed by atoms with van der Waals surface area (Å²) in [6.45, 7) is 9.82. The van der Waals surface area contributed by atoms with Crippen LogP contribution in [-0.2, 0) is 0 Å². The van der Waals surface area contributed by atoms with E-state index in [0.717, 1.165) is 11.1 Å². The van der Waals surface area contributed by atoms with Crippen LogP contribution in [0.15, 0.2) is 24.3 Å². The molecule has 0 aliphatic carbocycles. The van der Waals surface area contributed by atoms with Crippen molar-refractivity contribution >= 4 is 5.78 Å². The fourth-order valence-corrected chi connectivity index (χ4v) is 1.16. The molecule has 0 aromatic heterocycles. The van der Waals surface area contributed by atoms with E-state index in [1.807, 2.05) is 58.9 Å². The first kappa shape index (κ1) is 12.9. The van der Waals surface area contributed by atoms with Crippen molar-refractivity contribution in [2.75, 3.05) is 0 Å². The van der Waals surface area contributed by atoms with Gasteiger partial charge in [-0.05, 0) is 12.5 Å². The Morgan fingerprint density at radius 2 is 1.64 bits per heavy atom. The summed E-state index contributed by atoms with van der Waals surface area (Å²) in [5.74, 6) is 0.319. The molecule has 0 spiro atoms. The molecule has 0 radical (unpaired) electrons. The molecular weight excluding hydrogens is 172 g/mol. The standard InChI is InChI=1S/C11H14O.C2H6/c1-8(2)11(12)10-7-5-4-6-9(10)3;1-2/h4-8H,1-3H3;1-2H3. The molecule has 0 N–H and O–H groups in total. The fourth-order valence-electron chi connectivity index (χ4n) is 1.16. The molecule has 1 aromatic rings. The Labute approximate surface area is 87.2 Å². The summed E-state index contributed by atoms with van der Waals surface area (Å²) in [4.78, 5) is 11.6. The van der Waals surface area contributed by atoms with Crippen LogP contribution in [0.25, 0.3) is 0 Å². The maximum atomic E-state index is 11.6. The number of hydrogen-bond donors (Lipinski definition) is 0. The average Bonchev–Trinajstić information content (AvgIpc) is 2.20. The maximum absolute atomic E-state index is 11.6. The van der Waals surface area contributed by atoms with Crippen molar-refractivity contribution < 1.29 is 4.79 Å². The van der Waals surface area contributed by atoms with Gasteiger partial charge in [0.25, 0.3) is 0 Å². The van der Waals surface area contributed by atoms with Crippen molar-refractivity contribution in [3.05, 3.63) is 35.4 Å². The minimum absolute atomic E-state index is 0.0890. The van der Waals surface area contributed by atoms with Crippen LogP contribution in [-0.4, -0.2) is 5.78 Å². The van der Waals surface area contributed by atoms with Gasteiger partial charge >= 0.3 is 0 Å². The van der Waals surface area contributed by atoms with E-state index in [1.54, 1.807) is 0 Å². The van der Waals surface area contributed by atoms with Gasteiger partial charge in [0.1, 0.15) is 0 Å². The zero-order valence-corrected chi connectivity index (χ0v) is 9.79. The van der Waals surface area contributed by atoms with E-state index in [1.165, 1.54) is 0 Å². The monoisotopic (exact) mass is 192 g/mol. The van der Waals surface area contributed by atoms with E-state index in [4.69, 9.17) is 0 Å². The molecule has 0 heterocycles. The predicted octanol–water partition coefficient (Wildman–Crippen LogP) is 3.86. The van der Waals surface area contributed by atoms with Crippen LogP contribution in [0.4, 0.5) is 0 Å². The molecule has 0 amide bonds. The lowest BCUT2D eigenvalue weighted by Crippen LogP contribution is -2.08. The molecule has 0 atom stereocenters. The van der Waals surface area contributed by atoms with Gasteiger partial charge in [0.15, 0.2) is 5.78 Å². The fraction of sp³-hybridized carbons (Fsp3) is 0.462. The maximum Gasteiger partial charge on any atom is 0.165 e. The third-order valence-electron chi connectivity index (χ3n) is 1.93. The number of benzene rings is 1. The van der Waals surface area contributed by atoms with E-state index < -0.39 is 0 Å². The van der Waals surface area contributed by atoms with Gasteiger partial charge in [-0.15, -0.1) is 0 Å². The van der Waals surface area contributed by atoms with Gasteiger partial charge < -0.3 is 0 Å². The van der Waals surface area contributed by atoms with E-state index in [0.29, 0.717) is 0 Å². The van der Waals surface area contributed by atoms with Crippen LogP contribution >= 0.6 is 0 Å². The van der Waals surface area contributed by atoms with Crippen molar-refractivity contribution in [1.82, 2.24) is 0 Å². The number of carbonyl (C=O) groups excluding carboxylic acids is 1. The molecule has 1 rings (SSSR count). The second kappa shape index (κ2) is 6.36. The normalized spacial score (nSPS) is 9.29. The van der Waals surface area contributed by atoms with E-state index in [2.05, 4.69) is 0 Å². The zero-order valence-electron chi connectivity index (χ0n) is 9.79. The highest BCUT2D eigenvalue weighted by atomic mass is 16.1. The van der Waals surface area contributed by atoms with E-state index in [9.17, 15) is 4.79 Å². The van der Waals surface area contributed by atoms with Crippen LogP contribution in [0.2, 0.25) is 0 Å². The molecule has 78 valence electrons. The molecule has 0 saturated heterocycles. The Balaban J connectivity index is 0.000000791. The van der Waals surface area contributed by atoms with Crippen molar-refractivity contribution in [2.24, 2.45) is 5.92 Å². The Morgan fingerprint density at radius 3 is 2.07 bits per heavy atom. The highest BCUT2D eigenvalue weighted by Gasteiger charge is 2.11. The molecular formula is C13H20O. The third-order valence-corrected chi connectivity index (χ3v) is 1.93. The summed E-state index contributed by atoms with van der Waals surface area (Å²) in [7, 11) is 0. The van der Waals surface area contributed by atoms with Crippen LogP contribution < -0.4 is 0 Å². The first-order valence-corrected chi connectivity index (χ1v) is 5.22. The van der Waals surface area contributed by atoms with Gasteiger partial charge in [0.2, 0.25) is 0 Å². The van der Waals surface area contributed by atoms with Crippen LogP contribution in [0.3, 0.4) is 0 Å². The Hall–Kier alpha value is -1.11. The highest BCUT2D eigenvalue weighted by molar-refractivity contribution is 5.98. The number of ketones is 1. The topological polar surface area (TPSA) is 17.1 Å². The summed E-state index contributed by atoms with van der Waals surface area (Å²) >= 11 is 0. The molecule has 0 unspecified atom stereocenters. The lowest BCUT2D eigenvalue weighted by Gasteiger charge is -2.06. The van der Waals surface area contributed by atoms with Gasteiger partial charge in [0, 0.05) is 11.5 Å². The average molecular weight is 192 g/mol. The lowest BCUT2D eigenvalue weighted by atomic mass is 9.97. The largest absolute Gasteiger partial charge is 0.294 e. The number of Topliss-reactive ketones (excluding diaryl/α,β-unsaturated/α-hetero) is 1. The number of rotatable bonds is 2. The summed E-state index contributed by atoms with van der Waals surface area (Å²) in [5.41, 5.74) is 1.92. The smallest absolute Gasteiger partial charge is 0.165 e. The molecule has 1 aromatic carbocycles. The molecule has 0 aliphatic heterocycles. The highest BCUT2D eigenvalue weighted by Crippen LogP contribution is 2.12. The second-order valence-electron chi connectivity index (χ2n) is 3.33. The summed E-state index contributed by atoms with van der Waals surface area (Å²) in [5, 5.41) is 0. The summed E-state index contributed by atoms with van der Waals surface area (Å²) in [6, 6.07) is 7.71. The Morgan fingerprint density at radius 1 is 1.14 bits per heavy atom. The summed E-state index contributed by atoms with van der Waals surface area (Å²) < 4.78 is 0. The van der Waals surface area contributed by atoms with Crippen LogP contribution in [0.1, 0.15) is 43.6 Å². The number of hydrogen-bond acceptors (Lipinski definition) is 1. The minimum Gasteiger partial charge on any atom is -0.294 e. The molecule has 0 bridgehead atoms. The van der Waals surface area contributed by atoms with Gasteiger partial charge in [-0.2, -0.15) is 0 Å². The Bertz CT molecular complexity index is 287. The van der Waals surface area contributed by atoms with Gasteiger partial charge in [-0.1, -0.05) is 52.0 Å². The molecule has 1 nitrogen and oxygen atoms in total.